The van der Waals surface area contributed by atoms with Gasteiger partial charge in [0.25, 0.3) is 0 Å². The predicted octanol–water partition coefficient (Wildman–Crippen LogP) is 8.77. The van der Waals surface area contributed by atoms with Gasteiger partial charge in [-0.1, -0.05) is 103 Å². The number of benzene rings is 1. The van der Waals surface area contributed by atoms with Gasteiger partial charge in [-0.2, -0.15) is 0 Å². The van der Waals surface area contributed by atoms with Crippen molar-refractivity contribution in [1.29, 1.82) is 0 Å². The van der Waals surface area contributed by atoms with E-state index >= 15 is 0 Å². The van der Waals surface area contributed by atoms with Crippen molar-refractivity contribution in [2.24, 2.45) is 0 Å². The smallest absolute Gasteiger partial charge is 0.357 e. The van der Waals surface area contributed by atoms with E-state index in [2.05, 4.69) is 6.92 Å². The molecule has 0 fully saturated rings. The van der Waals surface area contributed by atoms with E-state index < -0.39 is 0 Å². The van der Waals surface area contributed by atoms with Crippen molar-refractivity contribution < 1.29 is 13.9 Å². The van der Waals surface area contributed by atoms with Crippen LogP contribution in [0.2, 0.25) is 0 Å². The van der Waals surface area contributed by atoms with Crippen LogP contribution in [-0.4, -0.2) is 11.8 Å². The van der Waals surface area contributed by atoms with E-state index in [1.807, 2.05) is 0 Å². The van der Waals surface area contributed by atoms with E-state index in [1.165, 1.54) is 102 Å². The molecule has 0 radical (unpaired) electrons. The average Bonchev–Trinajstić information content (AvgIpc) is 2.72. The number of rotatable bonds is 18. The number of unbranched alkanes of at least 4 members (excludes halogenated alkanes) is 15. The summed E-state index contributed by atoms with van der Waals surface area (Å²) >= 11 is 5.04. The van der Waals surface area contributed by atoms with Gasteiger partial charge in [0.1, 0.15) is 11.6 Å². The van der Waals surface area contributed by atoms with Gasteiger partial charge in [-0.15, -0.1) is 0 Å². The molecule has 166 valence electrons. The highest BCUT2D eigenvalue weighted by atomic mass is 32.1. The van der Waals surface area contributed by atoms with E-state index in [1.54, 1.807) is 12.1 Å². The van der Waals surface area contributed by atoms with E-state index in [-0.39, 0.29) is 11.1 Å². The fraction of sp³-hybridized carbons (Fsp3) is 0.720. The SMILES string of the molecule is CCCCCCCCCCCCCCCCCCOC(=S)Oc1ccc(F)cc1. The van der Waals surface area contributed by atoms with Crippen LogP contribution in [0.15, 0.2) is 24.3 Å². The summed E-state index contributed by atoms with van der Waals surface area (Å²) in [5, 5.41) is 0.109. The monoisotopic (exact) mass is 424 g/mol. The van der Waals surface area contributed by atoms with Gasteiger partial charge in [-0.25, -0.2) is 4.39 Å². The summed E-state index contributed by atoms with van der Waals surface area (Å²) in [6.07, 6.45) is 21.6. The molecule has 1 aromatic carbocycles. The lowest BCUT2D eigenvalue weighted by Gasteiger charge is -2.08. The van der Waals surface area contributed by atoms with Gasteiger partial charge in [0.15, 0.2) is 0 Å². The van der Waals surface area contributed by atoms with Crippen molar-refractivity contribution in [3.05, 3.63) is 30.1 Å². The van der Waals surface area contributed by atoms with Crippen LogP contribution in [0.25, 0.3) is 0 Å². The lowest BCUT2D eigenvalue weighted by atomic mass is 10.0. The number of halogens is 1. The number of hydrogen-bond acceptors (Lipinski definition) is 3. The van der Waals surface area contributed by atoms with Crippen molar-refractivity contribution in [3.63, 3.8) is 0 Å². The third-order valence-corrected chi connectivity index (χ3v) is 5.43. The molecule has 0 amide bonds. The summed E-state index contributed by atoms with van der Waals surface area (Å²) in [6, 6.07) is 5.76. The number of ether oxygens (including phenoxy) is 2. The van der Waals surface area contributed by atoms with E-state index in [0.717, 1.165) is 12.8 Å². The molecule has 0 heterocycles. The summed E-state index contributed by atoms with van der Waals surface area (Å²) in [5.41, 5.74) is 0. The number of thiocarbonyl (C=S) groups is 1. The van der Waals surface area contributed by atoms with Gasteiger partial charge in [0.05, 0.1) is 6.61 Å². The van der Waals surface area contributed by atoms with Gasteiger partial charge in [0.2, 0.25) is 0 Å². The zero-order valence-electron chi connectivity index (χ0n) is 18.4. The molecule has 0 atom stereocenters. The van der Waals surface area contributed by atoms with Crippen LogP contribution < -0.4 is 4.74 Å². The molecule has 0 aliphatic heterocycles. The first kappa shape index (κ1) is 25.9. The Morgan fingerprint density at radius 1 is 0.690 bits per heavy atom. The lowest BCUT2D eigenvalue weighted by Crippen LogP contribution is -2.11. The molecule has 0 N–H and O–H groups in total. The van der Waals surface area contributed by atoms with Crippen LogP contribution in [-0.2, 0) is 4.74 Å². The maximum atomic E-state index is 12.8. The quantitative estimate of drug-likeness (QED) is 0.173. The molecule has 1 rings (SSSR count). The fourth-order valence-corrected chi connectivity index (χ4v) is 3.61. The van der Waals surface area contributed by atoms with Crippen LogP contribution >= 0.6 is 12.2 Å². The zero-order valence-corrected chi connectivity index (χ0v) is 19.2. The highest BCUT2D eigenvalue weighted by Gasteiger charge is 2.02. The summed E-state index contributed by atoms with van der Waals surface area (Å²) in [6.45, 7) is 2.86. The Morgan fingerprint density at radius 2 is 1.10 bits per heavy atom. The Morgan fingerprint density at radius 3 is 1.55 bits per heavy atom. The molecule has 0 saturated carbocycles. The third-order valence-electron chi connectivity index (χ3n) is 5.23. The van der Waals surface area contributed by atoms with Gasteiger partial charge in [0, 0.05) is 12.2 Å². The minimum atomic E-state index is -0.294. The highest BCUT2D eigenvalue weighted by molar-refractivity contribution is 7.79. The molecular weight excluding hydrogens is 383 g/mol. The Balaban J connectivity index is 1.77. The maximum Gasteiger partial charge on any atom is 0.357 e. The van der Waals surface area contributed by atoms with Gasteiger partial charge >= 0.3 is 5.24 Å². The summed E-state index contributed by atoms with van der Waals surface area (Å²) < 4.78 is 23.6. The number of hydrogen-bond donors (Lipinski definition) is 0. The molecule has 4 heteroatoms. The summed E-state index contributed by atoms with van der Waals surface area (Å²) in [7, 11) is 0. The Bertz CT molecular complexity index is 504. The standard InChI is InChI=1S/C25H41FO2S/c1-2-3-4-5-6-7-8-9-10-11-12-13-14-15-16-17-22-27-25(29)28-24-20-18-23(26)19-21-24/h18-21H,2-17,22H2,1H3. The van der Waals surface area contributed by atoms with E-state index in [9.17, 15) is 4.39 Å². The maximum absolute atomic E-state index is 12.8. The van der Waals surface area contributed by atoms with Crippen molar-refractivity contribution >= 4 is 17.5 Å². The molecule has 0 aliphatic rings. The van der Waals surface area contributed by atoms with E-state index in [4.69, 9.17) is 21.7 Å². The van der Waals surface area contributed by atoms with Gasteiger partial charge < -0.3 is 9.47 Å². The topological polar surface area (TPSA) is 18.5 Å². The normalized spacial score (nSPS) is 10.8. The van der Waals surface area contributed by atoms with Crippen LogP contribution in [0.1, 0.15) is 110 Å². The van der Waals surface area contributed by atoms with Crippen LogP contribution in [0.4, 0.5) is 4.39 Å². The molecule has 0 bridgehead atoms. The highest BCUT2D eigenvalue weighted by Crippen LogP contribution is 2.14. The third kappa shape index (κ3) is 16.3. The fourth-order valence-electron chi connectivity index (χ4n) is 3.43. The lowest BCUT2D eigenvalue weighted by molar-refractivity contribution is 0.240. The second kappa shape index (κ2) is 18.8. The van der Waals surface area contributed by atoms with E-state index in [0.29, 0.717) is 12.4 Å². The predicted molar refractivity (Wildman–Crippen MR) is 125 cm³/mol. The molecule has 0 spiro atoms. The van der Waals surface area contributed by atoms with Crippen LogP contribution in [0.5, 0.6) is 5.75 Å². The molecule has 2 nitrogen and oxygen atoms in total. The van der Waals surface area contributed by atoms with Crippen molar-refractivity contribution in [2.75, 3.05) is 6.61 Å². The first-order valence-corrected chi connectivity index (χ1v) is 12.2. The Hall–Kier alpha value is -1.16. The molecule has 0 unspecified atom stereocenters. The van der Waals surface area contributed by atoms with Crippen LogP contribution in [0, 0.1) is 5.82 Å². The first-order valence-electron chi connectivity index (χ1n) is 11.8. The molecule has 0 saturated heterocycles. The molecule has 29 heavy (non-hydrogen) atoms. The molecule has 1 aromatic rings. The minimum absolute atomic E-state index is 0.109. The van der Waals surface area contributed by atoms with Gasteiger partial charge in [-0.05, 0) is 30.7 Å². The molecular formula is C25H41FO2S. The second-order valence-corrected chi connectivity index (χ2v) is 8.29. The van der Waals surface area contributed by atoms with Crippen molar-refractivity contribution in [3.8, 4) is 5.75 Å². The summed E-state index contributed by atoms with van der Waals surface area (Å²) in [4.78, 5) is 0. The Labute approximate surface area is 183 Å². The van der Waals surface area contributed by atoms with Gasteiger partial charge in [-0.3, -0.25) is 0 Å². The molecule has 0 aromatic heterocycles. The molecule has 0 aliphatic carbocycles. The van der Waals surface area contributed by atoms with Crippen LogP contribution in [0.3, 0.4) is 0 Å². The van der Waals surface area contributed by atoms with Crippen molar-refractivity contribution in [2.45, 2.75) is 110 Å². The zero-order chi connectivity index (χ0) is 21.0. The second-order valence-electron chi connectivity index (χ2n) is 7.96. The van der Waals surface area contributed by atoms with Crippen molar-refractivity contribution in [1.82, 2.24) is 0 Å². The average molecular weight is 425 g/mol. The largest absolute Gasteiger partial charge is 0.457 e. The Kier molecular flexibility index (Phi) is 16.8. The summed E-state index contributed by atoms with van der Waals surface area (Å²) in [5.74, 6) is 0.209. The first-order chi connectivity index (χ1) is 14.2. The minimum Gasteiger partial charge on any atom is -0.457 e.